The summed E-state index contributed by atoms with van der Waals surface area (Å²) < 4.78 is 0. The fraction of sp³-hybridized carbons (Fsp3) is 0.625. The van der Waals surface area contributed by atoms with Crippen LogP contribution in [0.4, 0.5) is 0 Å². The van der Waals surface area contributed by atoms with Gasteiger partial charge >= 0.3 is 0 Å². The SMILES string of the molecule is CCC(CC)CNCCCNCCC(N)Cc1cccc(-c2cc(-c3cccc(CC(N)CCNCCCNCC(CC)CC)c3)cc(C(C)(C)C)c2)c1. The third kappa shape index (κ3) is 17.5. The van der Waals surface area contributed by atoms with E-state index >= 15 is 0 Å². The maximum atomic E-state index is 6.66. The molecular formula is C48H80N6. The van der Waals surface area contributed by atoms with E-state index in [0.29, 0.717) is 0 Å². The molecule has 0 aliphatic heterocycles. The zero-order valence-electron chi connectivity index (χ0n) is 35.5. The maximum absolute atomic E-state index is 6.66. The molecule has 8 N–H and O–H groups in total. The minimum Gasteiger partial charge on any atom is -0.327 e. The van der Waals surface area contributed by atoms with Crippen LogP contribution in [-0.4, -0.2) is 64.4 Å². The van der Waals surface area contributed by atoms with Crippen LogP contribution >= 0.6 is 0 Å². The Balaban J connectivity index is 1.55. The fourth-order valence-corrected chi connectivity index (χ4v) is 7.23. The second-order valence-electron chi connectivity index (χ2n) is 16.9. The molecule has 2 atom stereocenters. The molecule has 0 aromatic heterocycles. The molecule has 0 aliphatic carbocycles. The van der Waals surface area contributed by atoms with Crippen LogP contribution < -0.4 is 32.7 Å². The Labute approximate surface area is 331 Å². The van der Waals surface area contributed by atoms with Gasteiger partial charge in [0.25, 0.3) is 0 Å². The standard InChI is InChI=1S/C48H80N6/c1-8-37(9-2)35-53-24-14-22-51-26-20-46(49)30-39-16-12-18-41(28-39)43-32-44(34-45(33-43)48(5,6)7)42-19-13-17-40(29-42)31-47(50)21-27-52-23-15-25-54-36-38(10-3)11-4/h12-13,16-19,28-29,32-34,37-38,46-47,51-54H,8-11,14-15,20-27,30-31,35-36,49-50H2,1-7H3. The van der Waals surface area contributed by atoms with E-state index in [9.17, 15) is 0 Å². The Bertz CT molecular complexity index is 1320. The summed E-state index contributed by atoms with van der Waals surface area (Å²) in [4.78, 5) is 0. The number of rotatable bonds is 28. The molecule has 3 aromatic carbocycles. The Kier molecular flexibility index (Phi) is 21.7. The van der Waals surface area contributed by atoms with Gasteiger partial charge in [-0.2, -0.15) is 0 Å². The molecule has 6 nitrogen and oxygen atoms in total. The van der Waals surface area contributed by atoms with Gasteiger partial charge in [-0.1, -0.05) is 135 Å². The summed E-state index contributed by atoms with van der Waals surface area (Å²) in [6.07, 6.45) is 11.0. The predicted molar refractivity (Wildman–Crippen MR) is 237 cm³/mol. The zero-order chi connectivity index (χ0) is 39.2. The Morgan fingerprint density at radius 3 is 1.30 bits per heavy atom. The average Bonchev–Trinajstić information content (AvgIpc) is 3.16. The van der Waals surface area contributed by atoms with Crippen molar-refractivity contribution in [2.24, 2.45) is 23.3 Å². The van der Waals surface area contributed by atoms with E-state index in [-0.39, 0.29) is 17.5 Å². The van der Waals surface area contributed by atoms with Crippen LogP contribution in [0.2, 0.25) is 0 Å². The number of hydrogen-bond acceptors (Lipinski definition) is 6. The molecule has 0 radical (unpaired) electrons. The van der Waals surface area contributed by atoms with Crippen molar-refractivity contribution >= 4 is 0 Å². The normalized spacial score (nSPS) is 13.2. The maximum Gasteiger partial charge on any atom is 0.00914 e. The van der Waals surface area contributed by atoms with Gasteiger partial charge in [0, 0.05) is 12.1 Å². The first-order valence-corrected chi connectivity index (χ1v) is 21.7. The molecule has 302 valence electrons. The smallest absolute Gasteiger partial charge is 0.00914 e. The van der Waals surface area contributed by atoms with Crippen molar-refractivity contribution in [1.82, 2.24) is 21.3 Å². The van der Waals surface area contributed by atoms with Crippen LogP contribution in [-0.2, 0) is 18.3 Å². The lowest BCUT2D eigenvalue weighted by molar-refractivity contribution is 0.444. The van der Waals surface area contributed by atoms with Gasteiger partial charge in [0.15, 0.2) is 0 Å². The second kappa shape index (κ2) is 25.6. The van der Waals surface area contributed by atoms with Crippen molar-refractivity contribution in [3.8, 4) is 22.3 Å². The van der Waals surface area contributed by atoms with Crippen molar-refractivity contribution in [3.05, 3.63) is 83.4 Å². The first kappa shape index (κ1) is 45.8. The van der Waals surface area contributed by atoms with Crippen LogP contribution in [0, 0.1) is 11.8 Å². The highest BCUT2D eigenvalue weighted by Gasteiger charge is 2.17. The number of nitrogens with one attached hydrogen (secondary N) is 4. The van der Waals surface area contributed by atoms with Gasteiger partial charge in [0.2, 0.25) is 0 Å². The number of benzene rings is 3. The molecule has 3 aromatic rings. The van der Waals surface area contributed by atoms with Gasteiger partial charge in [0.1, 0.15) is 0 Å². The highest BCUT2D eigenvalue weighted by Crippen LogP contribution is 2.34. The Hall–Kier alpha value is -2.58. The Morgan fingerprint density at radius 2 is 0.907 bits per heavy atom. The minimum atomic E-state index is 0.0255. The van der Waals surface area contributed by atoms with Crippen molar-refractivity contribution in [3.63, 3.8) is 0 Å². The molecule has 0 saturated heterocycles. The molecule has 0 fully saturated rings. The molecule has 0 spiro atoms. The number of hydrogen-bond donors (Lipinski definition) is 6. The third-order valence-corrected chi connectivity index (χ3v) is 11.3. The second-order valence-corrected chi connectivity index (χ2v) is 16.9. The van der Waals surface area contributed by atoms with Gasteiger partial charge < -0.3 is 32.7 Å². The summed E-state index contributed by atoms with van der Waals surface area (Å²) in [6, 6.07) is 25.4. The van der Waals surface area contributed by atoms with Crippen LogP contribution in [0.1, 0.15) is 117 Å². The van der Waals surface area contributed by atoms with Crippen molar-refractivity contribution in [2.75, 3.05) is 52.4 Å². The van der Waals surface area contributed by atoms with E-state index < -0.39 is 0 Å². The average molecular weight is 741 g/mol. The Morgan fingerprint density at radius 1 is 0.500 bits per heavy atom. The predicted octanol–water partition coefficient (Wildman–Crippen LogP) is 8.85. The molecule has 0 amide bonds. The molecule has 0 bridgehead atoms. The van der Waals surface area contributed by atoms with E-state index in [2.05, 4.69) is 136 Å². The van der Waals surface area contributed by atoms with Crippen molar-refractivity contribution < 1.29 is 0 Å². The summed E-state index contributed by atoms with van der Waals surface area (Å²) in [5.74, 6) is 1.60. The molecule has 3 rings (SSSR count). The van der Waals surface area contributed by atoms with E-state index in [0.717, 1.165) is 103 Å². The third-order valence-electron chi connectivity index (χ3n) is 11.3. The molecular weight excluding hydrogens is 661 g/mol. The summed E-state index contributed by atoms with van der Waals surface area (Å²) in [7, 11) is 0. The van der Waals surface area contributed by atoms with E-state index in [1.807, 2.05) is 0 Å². The zero-order valence-corrected chi connectivity index (χ0v) is 35.5. The lowest BCUT2D eigenvalue weighted by atomic mass is 9.83. The highest BCUT2D eigenvalue weighted by atomic mass is 14.9. The van der Waals surface area contributed by atoms with Crippen LogP contribution in [0.15, 0.2) is 66.7 Å². The van der Waals surface area contributed by atoms with E-state index in [1.54, 1.807) is 0 Å². The first-order chi connectivity index (χ1) is 26.1. The molecule has 0 saturated carbocycles. The van der Waals surface area contributed by atoms with Crippen molar-refractivity contribution in [2.45, 2.75) is 130 Å². The topological polar surface area (TPSA) is 100 Å². The van der Waals surface area contributed by atoms with Gasteiger partial charge in [-0.25, -0.2) is 0 Å². The fourth-order valence-electron chi connectivity index (χ4n) is 7.23. The van der Waals surface area contributed by atoms with E-state index in [4.69, 9.17) is 11.5 Å². The van der Waals surface area contributed by atoms with Gasteiger partial charge in [-0.3, -0.25) is 0 Å². The summed E-state index contributed by atoms with van der Waals surface area (Å²) in [6.45, 7) is 24.5. The number of nitrogens with two attached hydrogens (primary N) is 2. The highest BCUT2D eigenvalue weighted by molar-refractivity contribution is 5.75. The van der Waals surface area contributed by atoms with Crippen LogP contribution in [0.25, 0.3) is 22.3 Å². The lowest BCUT2D eigenvalue weighted by Crippen LogP contribution is -2.30. The quantitative estimate of drug-likeness (QED) is 0.0417. The molecule has 0 aliphatic rings. The molecule has 0 heterocycles. The molecule has 54 heavy (non-hydrogen) atoms. The molecule has 2 unspecified atom stereocenters. The summed E-state index contributed by atoms with van der Waals surface area (Å²) in [5.41, 5.74) is 22.3. The lowest BCUT2D eigenvalue weighted by Gasteiger charge is -2.22. The van der Waals surface area contributed by atoms with Gasteiger partial charge in [0.05, 0.1) is 0 Å². The van der Waals surface area contributed by atoms with E-state index in [1.165, 1.54) is 64.6 Å². The minimum absolute atomic E-state index is 0.0255. The van der Waals surface area contributed by atoms with Crippen LogP contribution in [0.5, 0.6) is 0 Å². The largest absolute Gasteiger partial charge is 0.327 e. The van der Waals surface area contributed by atoms with Crippen LogP contribution in [0.3, 0.4) is 0 Å². The van der Waals surface area contributed by atoms with Crippen molar-refractivity contribution in [1.29, 1.82) is 0 Å². The molecule has 6 heteroatoms. The summed E-state index contributed by atoms with van der Waals surface area (Å²) >= 11 is 0. The monoisotopic (exact) mass is 741 g/mol. The van der Waals surface area contributed by atoms with Gasteiger partial charge in [-0.15, -0.1) is 0 Å². The summed E-state index contributed by atoms with van der Waals surface area (Å²) in [5, 5.41) is 14.4. The van der Waals surface area contributed by atoms with Gasteiger partial charge in [-0.05, 0) is 153 Å². The first-order valence-electron chi connectivity index (χ1n) is 21.7.